The van der Waals surface area contributed by atoms with Crippen LogP contribution >= 0.6 is 0 Å². The summed E-state index contributed by atoms with van der Waals surface area (Å²) in [6.07, 6.45) is 0. The van der Waals surface area contributed by atoms with Gasteiger partial charge in [-0.1, -0.05) is 0 Å². The highest BCUT2D eigenvalue weighted by molar-refractivity contribution is 7.86. The molecule has 0 atom stereocenters. The second kappa shape index (κ2) is 4.31. The first-order valence-electron chi connectivity index (χ1n) is 5.02. The van der Waals surface area contributed by atoms with Crippen molar-refractivity contribution >= 4 is 36.7 Å². The fraction of sp³-hybridized carbons (Fsp3) is 0. The number of anilines is 1. The summed E-state index contributed by atoms with van der Waals surface area (Å²) in [5.74, 6) is -0.611. The zero-order valence-corrected chi connectivity index (χ0v) is 11.3. The molecule has 2 aromatic rings. The van der Waals surface area contributed by atoms with Gasteiger partial charge in [0.15, 0.2) is 0 Å². The number of benzene rings is 2. The van der Waals surface area contributed by atoms with Gasteiger partial charge in [-0.2, -0.15) is 16.8 Å². The number of nitrogens with two attached hydrogens (primary N) is 1. The molecule has 0 radical (unpaired) electrons. The van der Waals surface area contributed by atoms with Gasteiger partial charge in [0.05, 0.1) is 0 Å². The van der Waals surface area contributed by atoms with Crippen molar-refractivity contribution in [2.45, 2.75) is 9.79 Å². The highest BCUT2D eigenvalue weighted by atomic mass is 32.2. The third kappa shape index (κ3) is 2.41. The van der Waals surface area contributed by atoms with Crippen LogP contribution in [0.15, 0.2) is 34.1 Å². The molecule has 0 aliphatic heterocycles. The number of fused-ring (bicyclic) bond motifs is 1. The lowest BCUT2D eigenvalue weighted by atomic mass is 10.1. The van der Waals surface area contributed by atoms with Gasteiger partial charge in [-0.05, 0) is 18.2 Å². The fourth-order valence-corrected chi connectivity index (χ4v) is 3.29. The van der Waals surface area contributed by atoms with Crippen LogP contribution in [-0.2, 0) is 20.2 Å². The number of aromatic hydroxyl groups is 1. The molecule has 5 N–H and O–H groups in total. The Balaban J connectivity index is 3.16. The molecule has 0 amide bonds. The highest BCUT2D eigenvalue weighted by Gasteiger charge is 2.22. The monoisotopic (exact) mass is 319 g/mol. The highest BCUT2D eigenvalue weighted by Crippen LogP contribution is 2.35. The molecule has 0 bridgehead atoms. The third-order valence-electron chi connectivity index (χ3n) is 2.61. The number of rotatable bonds is 2. The van der Waals surface area contributed by atoms with Gasteiger partial charge >= 0.3 is 0 Å². The molecular weight excluding hydrogens is 310 g/mol. The summed E-state index contributed by atoms with van der Waals surface area (Å²) >= 11 is 0. The van der Waals surface area contributed by atoms with E-state index in [9.17, 15) is 21.9 Å². The fourth-order valence-electron chi connectivity index (χ4n) is 1.86. The lowest BCUT2D eigenvalue weighted by Gasteiger charge is -2.10. The van der Waals surface area contributed by atoms with Gasteiger partial charge in [-0.25, -0.2) is 0 Å². The Bertz CT molecular complexity index is 916. The summed E-state index contributed by atoms with van der Waals surface area (Å²) in [5.41, 5.74) is 5.44. The van der Waals surface area contributed by atoms with Gasteiger partial charge < -0.3 is 10.8 Å². The first-order valence-corrected chi connectivity index (χ1v) is 7.90. The lowest BCUT2D eigenvalue weighted by Crippen LogP contribution is -2.05. The molecule has 0 saturated carbocycles. The molecule has 0 saturated heterocycles. The van der Waals surface area contributed by atoms with Crippen molar-refractivity contribution in [3.63, 3.8) is 0 Å². The average Bonchev–Trinajstić information content (AvgIpc) is 2.24. The lowest BCUT2D eigenvalue weighted by molar-refractivity contribution is 0.467. The Hall–Kier alpha value is -1.88. The summed E-state index contributed by atoms with van der Waals surface area (Å²) in [5, 5.41) is 8.84. The smallest absolute Gasteiger partial charge is 0.295 e. The van der Waals surface area contributed by atoms with Crippen LogP contribution < -0.4 is 5.73 Å². The van der Waals surface area contributed by atoms with E-state index in [1.807, 2.05) is 0 Å². The molecule has 0 heterocycles. The Kier molecular flexibility index (Phi) is 3.13. The van der Waals surface area contributed by atoms with E-state index in [4.69, 9.17) is 14.8 Å². The van der Waals surface area contributed by atoms with Crippen LogP contribution in [0.3, 0.4) is 0 Å². The summed E-state index contributed by atoms with van der Waals surface area (Å²) in [4.78, 5) is -1.39. The zero-order chi connectivity index (χ0) is 15.3. The van der Waals surface area contributed by atoms with Crippen LogP contribution in [0.2, 0.25) is 0 Å². The minimum Gasteiger partial charge on any atom is -0.508 e. The summed E-state index contributed by atoms with van der Waals surface area (Å²) in [7, 11) is -9.42. The van der Waals surface area contributed by atoms with E-state index in [1.54, 1.807) is 0 Å². The normalized spacial score (nSPS) is 12.7. The maximum absolute atomic E-state index is 11.3. The number of phenols is 1. The van der Waals surface area contributed by atoms with Gasteiger partial charge in [0.2, 0.25) is 0 Å². The second-order valence-electron chi connectivity index (χ2n) is 3.97. The van der Waals surface area contributed by atoms with Gasteiger partial charge in [0.25, 0.3) is 20.2 Å². The number of nitrogen functional groups attached to an aromatic ring is 1. The van der Waals surface area contributed by atoms with Crippen LogP contribution in [0.1, 0.15) is 0 Å². The molecule has 2 aromatic carbocycles. The Morgan fingerprint density at radius 1 is 0.900 bits per heavy atom. The second-order valence-corrected chi connectivity index (χ2v) is 6.75. The predicted molar refractivity (Wildman–Crippen MR) is 69.7 cm³/mol. The summed E-state index contributed by atoms with van der Waals surface area (Å²) in [6, 6.07) is 3.67. The summed E-state index contributed by atoms with van der Waals surface area (Å²) < 4.78 is 63.3. The minimum atomic E-state index is -4.75. The molecular formula is C10H9NO7S2. The first-order chi connectivity index (χ1) is 9.01. The molecule has 0 aliphatic rings. The minimum absolute atomic E-state index is 0.139. The van der Waals surface area contributed by atoms with Crippen molar-refractivity contribution in [1.82, 2.24) is 0 Å². The standard InChI is InChI=1S/C10H9NO7S2/c11-7-1-2-8(19(13,14)15)6-3-5(12)4-9(10(6)7)20(16,17)18/h1-4,12H,11H2,(H,13,14,15)(H,16,17,18). The topological polar surface area (TPSA) is 155 Å². The van der Waals surface area contributed by atoms with Crippen LogP contribution in [0.25, 0.3) is 10.8 Å². The molecule has 2 rings (SSSR count). The van der Waals surface area contributed by atoms with Gasteiger partial charge in [-0.3, -0.25) is 9.11 Å². The van der Waals surface area contributed by atoms with Gasteiger partial charge in [-0.15, -0.1) is 0 Å². The predicted octanol–water partition coefficient (Wildman–Crippen LogP) is 0.621. The largest absolute Gasteiger partial charge is 0.508 e. The molecule has 8 nitrogen and oxygen atoms in total. The van der Waals surface area contributed by atoms with Gasteiger partial charge in [0, 0.05) is 22.5 Å². The molecule has 0 aliphatic carbocycles. The molecule has 0 unspecified atom stereocenters. The Morgan fingerprint density at radius 3 is 1.95 bits per heavy atom. The number of hydrogen-bond acceptors (Lipinski definition) is 6. The van der Waals surface area contributed by atoms with Crippen LogP contribution in [0, 0.1) is 0 Å². The van der Waals surface area contributed by atoms with E-state index in [-0.39, 0.29) is 16.5 Å². The summed E-state index contributed by atoms with van der Waals surface area (Å²) in [6.45, 7) is 0. The van der Waals surface area contributed by atoms with E-state index in [2.05, 4.69) is 0 Å². The molecule has 10 heteroatoms. The van der Waals surface area contributed by atoms with Crippen LogP contribution in [-0.4, -0.2) is 31.0 Å². The number of hydrogen-bond donors (Lipinski definition) is 4. The molecule has 0 fully saturated rings. The van der Waals surface area contributed by atoms with E-state index in [0.717, 1.165) is 24.3 Å². The van der Waals surface area contributed by atoms with Gasteiger partial charge in [0.1, 0.15) is 15.5 Å². The third-order valence-corrected chi connectivity index (χ3v) is 4.40. The van der Waals surface area contributed by atoms with Crippen molar-refractivity contribution in [1.29, 1.82) is 0 Å². The van der Waals surface area contributed by atoms with E-state index >= 15 is 0 Å². The van der Waals surface area contributed by atoms with E-state index in [0.29, 0.717) is 0 Å². The van der Waals surface area contributed by atoms with Crippen molar-refractivity contribution < 1.29 is 31.0 Å². The molecule has 0 aromatic heterocycles. The van der Waals surface area contributed by atoms with E-state index in [1.165, 1.54) is 0 Å². The molecule has 20 heavy (non-hydrogen) atoms. The quantitative estimate of drug-likeness (QED) is 0.463. The van der Waals surface area contributed by atoms with Crippen molar-refractivity contribution in [3.8, 4) is 5.75 Å². The van der Waals surface area contributed by atoms with E-state index < -0.39 is 35.8 Å². The number of phenolic OH excluding ortho intramolecular Hbond substituents is 1. The van der Waals surface area contributed by atoms with Crippen LogP contribution in [0.4, 0.5) is 5.69 Å². The molecule has 108 valence electrons. The van der Waals surface area contributed by atoms with Crippen molar-refractivity contribution in [2.24, 2.45) is 0 Å². The Morgan fingerprint density at radius 2 is 1.45 bits per heavy atom. The first kappa shape index (κ1) is 14.5. The average molecular weight is 319 g/mol. The van der Waals surface area contributed by atoms with Crippen molar-refractivity contribution in [2.75, 3.05) is 5.73 Å². The Labute approximate surface area is 114 Å². The molecule has 0 spiro atoms. The zero-order valence-electron chi connectivity index (χ0n) is 9.68. The maximum Gasteiger partial charge on any atom is 0.295 e. The van der Waals surface area contributed by atoms with Crippen molar-refractivity contribution in [3.05, 3.63) is 24.3 Å². The maximum atomic E-state index is 11.3. The van der Waals surface area contributed by atoms with Crippen LogP contribution in [0.5, 0.6) is 5.75 Å². The SMILES string of the molecule is Nc1ccc(S(=O)(=O)O)c2cc(O)cc(S(=O)(=O)O)c12.